The largest absolute Gasteiger partial charge is 0.481 e. The molecule has 1 fully saturated rings. The van der Waals surface area contributed by atoms with Crippen molar-refractivity contribution >= 4 is 11.9 Å². The molecule has 5 nitrogen and oxygen atoms in total. The minimum absolute atomic E-state index is 0.00237. The van der Waals surface area contributed by atoms with E-state index in [0.29, 0.717) is 5.92 Å². The van der Waals surface area contributed by atoms with Crippen molar-refractivity contribution in [1.82, 2.24) is 10.3 Å². The van der Waals surface area contributed by atoms with E-state index < -0.39 is 5.97 Å². The molecule has 2 rings (SSSR count). The monoisotopic (exact) mass is 262 g/mol. The molecule has 1 atom stereocenters. The minimum atomic E-state index is -0.869. The highest BCUT2D eigenvalue weighted by molar-refractivity contribution is 5.79. The Labute approximate surface area is 112 Å². The Morgan fingerprint density at radius 2 is 2.26 bits per heavy atom. The molecule has 1 aromatic heterocycles. The van der Waals surface area contributed by atoms with Gasteiger partial charge in [-0.15, -0.1) is 0 Å². The average Bonchev–Trinajstić information content (AvgIpc) is 3.14. The Kier molecular flexibility index (Phi) is 4.14. The summed E-state index contributed by atoms with van der Waals surface area (Å²) < 4.78 is 0. The Bertz CT molecular complexity index is 483. The third kappa shape index (κ3) is 4.05. The first-order valence-corrected chi connectivity index (χ1v) is 6.48. The average molecular weight is 262 g/mol. The Morgan fingerprint density at radius 1 is 1.53 bits per heavy atom. The lowest BCUT2D eigenvalue weighted by atomic mass is 10.1. The summed E-state index contributed by atoms with van der Waals surface area (Å²) in [6.07, 6.45) is 3.86. The molecule has 102 valence electrons. The van der Waals surface area contributed by atoms with Crippen molar-refractivity contribution in [2.45, 2.75) is 38.6 Å². The normalized spacial score (nSPS) is 15.8. The first-order chi connectivity index (χ1) is 9.06. The lowest BCUT2D eigenvalue weighted by molar-refractivity contribution is -0.137. The molecule has 1 saturated carbocycles. The molecule has 2 N–H and O–H groups in total. The number of carboxylic acid groups (broad SMARTS) is 1. The van der Waals surface area contributed by atoms with Gasteiger partial charge in [0.25, 0.3) is 0 Å². The zero-order valence-corrected chi connectivity index (χ0v) is 10.9. The van der Waals surface area contributed by atoms with Crippen LogP contribution in [0.15, 0.2) is 18.3 Å². The molecule has 1 heterocycles. The zero-order valence-electron chi connectivity index (χ0n) is 10.9. The predicted molar refractivity (Wildman–Crippen MR) is 69.6 cm³/mol. The van der Waals surface area contributed by atoms with E-state index in [-0.39, 0.29) is 24.8 Å². The predicted octanol–water partition coefficient (Wildman–Crippen LogP) is 1.30. The van der Waals surface area contributed by atoms with Gasteiger partial charge in [0.15, 0.2) is 0 Å². The smallest absolute Gasteiger partial charge is 0.305 e. The van der Waals surface area contributed by atoms with E-state index in [1.54, 1.807) is 6.20 Å². The molecule has 19 heavy (non-hydrogen) atoms. The van der Waals surface area contributed by atoms with Crippen LogP contribution in [0.4, 0.5) is 0 Å². The highest BCUT2D eigenvalue weighted by Gasteiger charge is 2.33. The van der Waals surface area contributed by atoms with Crippen LogP contribution in [0.5, 0.6) is 0 Å². The fourth-order valence-corrected chi connectivity index (χ4v) is 2.14. The maximum Gasteiger partial charge on any atom is 0.305 e. The molecule has 0 aliphatic heterocycles. The van der Waals surface area contributed by atoms with Crippen LogP contribution in [-0.2, 0) is 16.0 Å². The van der Waals surface area contributed by atoms with E-state index >= 15 is 0 Å². The molecule has 0 spiro atoms. The highest BCUT2D eigenvalue weighted by atomic mass is 16.4. The number of hydrogen-bond donors (Lipinski definition) is 2. The van der Waals surface area contributed by atoms with E-state index in [4.69, 9.17) is 5.11 Å². The van der Waals surface area contributed by atoms with E-state index in [2.05, 4.69) is 10.3 Å². The van der Waals surface area contributed by atoms with Gasteiger partial charge < -0.3 is 10.4 Å². The number of rotatable bonds is 6. The topological polar surface area (TPSA) is 79.3 Å². The van der Waals surface area contributed by atoms with Crippen molar-refractivity contribution in [3.05, 3.63) is 29.6 Å². The summed E-state index contributed by atoms with van der Waals surface area (Å²) in [5, 5.41) is 11.7. The molecule has 0 aromatic carbocycles. The first kappa shape index (κ1) is 13.5. The van der Waals surface area contributed by atoms with Crippen LogP contribution in [0.25, 0.3) is 0 Å². The Balaban J connectivity index is 1.92. The van der Waals surface area contributed by atoms with Crippen molar-refractivity contribution in [2.24, 2.45) is 5.92 Å². The number of carbonyl (C=O) groups is 2. The van der Waals surface area contributed by atoms with Crippen LogP contribution in [0.1, 0.15) is 30.5 Å². The first-order valence-electron chi connectivity index (χ1n) is 6.48. The number of aromatic nitrogens is 1. The maximum atomic E-state index is 11.9. The quantitative estimate of drug-likeness (QED) is 0.810. The summed E-state index contributed by atoms with van der Waals surface area (Å²) in [6.45, 7) is 1.91. The third-order valence-electron chi connectivity index (χ3n) is 3.38. The van der Waals surface area contributed by atoms with E-state index in [1.165, 1.54) is 0 Å². The molecule has 1 aliphatic carbocycles. The third-order valence-corrected chi connectivity index (χ3v) is 3.38. The Morgan fingerprint density at radius 3 is 2.84 bits per heavy atom. The fourth-order valence-electron chi connectivity index (χ4n) is 2.14. The van der Waals surface area contributed by atoms with E-state index in [1.807, 2.05) is 19.1 Å². The SMILES string of the molecule is Cc1cccnc1CC(=O)NC(CC(=O)O)C1CC1. The maximum absolute atomic E-state index is 11.9. The summed E-state index contributed by atoms with van der Waals surface area (Å²) in [6, 6.07) is 3.49. The lowest BCUT2D eigenvalue weighted by Crippen LogP contribution is -2.39. The number of aliphatic carboxylic acids is 1. The standard InChI is InChI=1S/C14H18N2O3/c1-9-3-2-6-15-11(9)7-13(17)16-12(8-14(18)19)10-4-5-10/h2-3,6,10,12H,4-5,7-8H2,1H3,(H,16,17)(H,18,19). The zero-order chi connectivity index (χ0) is 13.8. The van der Waals surface area contributed by atoms with Crippen LogP contribution >= 0.6 is 0 Å². The van der Waals surface area contributed by atoms with Crippen LogP contribution in [0.3, 0.4) is 0 Å². The molecule has 0 radical (unpaired) electrons. The highest BCUT2D eigenvalue weighted by Crippen LogP contribution is 2.34. The van der Waals surface area contributed by atoms with E-state index in [9.17, 15) is 9.59 Å². The van der Waals surface area contributed by atoms with Crippen LogP contribution in [-0.4, -0.2) is 28.0 Å². The number of nitrogens with zero attached hydrogens (tertiary/aromatic N) is 1. The van der Waals surface area contributed by atoms with Gasteiger partial charge in [-0.05, 0) is 37.3 Å². The van der Waals surface area contributed by atoms with Gasteiger partial charge in [0, 0.05) is 12.2 Å². The fraction of sp³-hybridized carbons (Fsp3) is 0.500. The number of nitrogens with one attached hydrogen (secondary N) is 1. The molecule has 1 aromatic rings. The minimum Gasteiger partial charge on any atom is -0.481 e. The summed E-state index contributed by atoms with van der Waals surface area (Å²) in [7, 11) is 0. The molecule has 0 bridgehead atoms. The van der Waals surface area contributed by atoms with Crippen molar-refractivity contribution < 1.29 is 14.7 Å². The van der Waals surface area contributed by atoms with Crippen molar-refractivity contribution in [3.8, 4) is 0 Å². The molecule has 1 aliphatic rings. The number of carboxylic acids is 1. The number of amides is 1. The molecular weight excluding hydrogens is 244 g/mol. The van der Waals surface area contributed by atoms with Gasteiger partial charge in [-0.3, -0.25) is 14.6 Å². The second kappa shape index (κ2) is 5.82. The van der Waals surface area contributed by atoms with Crippen molar-refractivity contribution in [2.75, 3.05) is 0 Å². The number of pyridine rings is 1. The number of carbonyl (C=O) groups excluding carboxylic acids is 1. The summed E-state index contributed by atoms with van der Waals surface area (Å²) in [5.41, 5.74) is 1.71. The van der Waals surface area contributed by atoms with E-state index in [0.717, 1.165) is 24.1 Å². The van der Waals surface area contributed by atoms with Crippen LogP contribution in [0.2, 0.25) is 0 Å². The molecular formula is C14H18N2O3. The number of aryl methyl sites for hydroxylation is 1. The number of hydrogen-bond acceptors (Lipinski definition) is 3. The second-order valence-electron chi connectivity index (χ2n) is 5.05. The van der Waals surface area contributed by atoms with Gasteiger partial charge in [-0.2, -0.15) is 0 Å². The summed E-state index contributed by atoms with van der Waals surface area (Å²) in [5.74, 6) is -0.698. The van der Waals surface area contributed by atoms with Crippen molar-refractivity contribution in [1.29, 1.82) is 0 Å². The summed E-state index contributed by atoms with van der Waals surface area (Å²) >= 11 is 0. The van der Waals surface area contributed by atoms with Gasteiger partial charge in [-0.25, -0.2) is 0 Å². The van der Waals surface area contributed by atoms with Crippen molar-refractivity contribution in [3.63, 3.8) is 0 Å². The van der Waals surface area contributed by atoms with Gasteiger partial charge in [0.1, 0.15) is 0 Å². The Hall–Kier alpha value is -1.91. The van der Waals surface area contributed by atoms with Gasteiger partial charge in [-0.1, -0.05) is 6.07 Å². The van der Waals surface area contributed by atoms with Crippen LogP contribution < -0.4 is 5.32 Å². The lowest BCUT2D eigenvalue weighted by Gasteiger charge is -2.16. The van der Waals surface area contributed by atoms with Gasteiger partial charge in [0.2, 0.25) is 5.91 Å². The van der Waals surface area contributed by atoms with Gasteiger partial charge in [0.05, 0.1) is 18.5 Å². The second-order valence-corrected chi connectivity index (χ2v) is 5.05. The summed E-state index contributed by atoms with van der Waals surface area (Å²) in [4.78, 5) is 26.9. The molecule has 1 amide bonds. The van der Waals surface area contributed by atoms with Crippen LogP contribution in [0, 0.1) is 12.8 Å². The van der Waals surface area contributed by atoms with Gasteiger partial charge >= 0.3 is 5.97 Å². The molecule has 5 heteroatoms. The molecule has 0 saturated heterocycles. The molecule has 1 unspecified atom stereocenters.